The van der Waals surface area contributed by atoms with E-state index >= 15 is 0 Å². The number of nitrogens with zero attached hydrogens (tertiary/aromatic N) is 2. The van der Waals surface area contributed by atoms with Gasteiger partial charge in [0.2, 0.25) is 0 Å². The van der Waals surface area contributed by atoms with Crippen LogP contribution in [0.3, 0.4) is 0 Å². The van der Waals surface area contributed by atoms with Gasteiger partial charge in [0.05, 0.1) is 5.69 Å². The van der Waals surface area contributed by atoms with Crippen LogP contribution in [0.25, 0.3) is 0 Å². The summed E-state index contributed by atoms with van der Waals surface area (Å²) in [6.07, 6.45) is 0. The van der Waals surface area contributed by atoms with Gasteiger partial charge in [0.15, 0.2) is 0 Å². The summed E-state index contributed by atoms with van der Waals surface area (Å²) in [5.74, 6) is -0.738. The fourth-order valence-electron chi connectivity index (χ4n) is 5.29. The third-order valence-corrected chi connectivity index (χ3v) is 6.59. The van der Waals surface area contributed by atoms with Crippen molar-refractivity contribution < 1.29 is 9.59 Å². The second-order valence-corrected chi connectivity index (χ2v) is 8.31. The molecule has 3 aromatic rings. The summed E-state index contributed by atoms with van der Waals surface area (Å²) in [7, 11) is 3.93. The lowest BCUT2D eigenvalue weighted by molar-refractivity contribution is -0.120. The van der Waals surface area contributed by atoms with Gasteiger partial charge in [-0.2, -0.15) is 0 Å². The van der Waals surface area contributed by atoms with E-state index < -0.39 is 0 Å². The van der Waals surface area contributed by atoms with E-state index in [2.05, 4.69) is 24.3 Å². The fourth-order valence-corrected chi connectivity index (χ4v) is 5.29. The lowest BCUT2D eigenvalue weighted by Gasteiger charge is -2.39. The summed E-state index contributed by atoms with van der Waals surface area (Å²) in [4.78, 5) is 30.6. The maximum absolute atomic E-state index is 13.6. The Balaban J connectivity index is 1.52. The molecule has 4 nitrogen and oxygen atoms in total. The number of carbonyl (C=O) groups excluding carboxylic acids is 2. The van der Waals surface area contributed by atoms with E-state index in [-0.39, 0.29) is 23.7 Å². The number of carbonyl (C=O) groups is 2. The SMILES string of the molecule is CN(C)c1ccc(N2C(=O)C3=C(C2=O)C2c4ccccc4C3c3ccccc32)cc1. The molecule has 4 heteroatoms. The molecular weight excluding hydrogens is 372 g/mol. The molecule has 7 rings (SSSR count). The number of anilines is 2. The highest BCUT2D eigenvalue weighted by Gasteiger charge is 2.53. The first-order chi connectivity index (χ1) is 14.6. The first kappa shape index (κ1) is 17.2. The Morgan fingerprint density at radius 2 is 1.03 bits per heavy atom. The lowest BCUT2D eigenvalue weighted by atomic mass is 9.61. The first-order valence-corrected chi connectivity index (χ1v) is 10.2. The molecule has 2 amide bonds. The van der Waals surface area contributed by atoms with Crippen molar-refractivity contribution >= 4 is 23.2 Å². The van der Waals surface area contributed by atoms with Crippen LogP contribution in [0.4, 0.5) is 11.4 Å². The summed E-state index contributed by atoms with van der Waals surface area (Å²) in [6, 6.07) is 24.0. The third-order valence-electron chi connectivity index (χ3n) is 6.59. The molecule has 3 aliphatic carbocycles. The van der Waals surface area contributed by atoms with Gasteiger partial charge in [-0.1, -0.05) is 48.5 Å². The van der Waals surface area contributed by atoms with Gasteiger partial charge in [0, 0.05) is 42.8 Å². The van der Waals surface area contributed by atoms with E-state index in [9.17, 15) is 9.59 Å². The van der Waals surface area contributed by atoms with Gasteiger partial charge in [-0.3, -0.25) is 9.59 Å². The van der Waals surface area contributed by atoms with Crippen LogP contribution in [0.2, 0.25) is 0 Å². The molecule has 0 fully saturated rings. The number of imide groups is 1. The summed E-state index contributed by atoms with van der Waals surface area (Å²) < 4.78 is 0. The van der Waals surface area contributed by atoms with Crippen molar-refractivity contribution in [3.63, 3.8) is 0 Å². The Kier molecular flexibility index (Phi) is 3.40. The van der Waals surface area contributed by atoms with Crippen LogP contribution in [0.1, 0.15) is 34.1 Å². The Morgan fingerprint density at radius 1 is 0.633 bits per heavy atom. The lowest BCUT2D eigenvalue weighted by Crippen LogP contribution is -2.32. The molecular formula is C26H20N2O2. The van der Waals surface area contributed by atoms with E-state index in [1.54, 1.807) is 0 Å². The van der Waals surface area contributed by atoms with E-state index in [1.807, 2.05) is 67.5 Å². The Labute approximate surface area is 175 Å². The van der Waals surface area contributed by atoms with E-state index in [4.69, 9.17) is 0 Å². The monoisotopic (exact) mass is 392 g/mol. The molecule has 0 atom stereocenters. The number of benzene rings is 3. The summed E-state index contributed by atoms with van der Waals surface area (Å²) in [5.41, 5.74) is 7.53. The molecule has 1 aliphatic heterocycles. The summed E-state index contributed by atoms with van der Waals surface area (Å²) in [5, 5.41) is 0. The van der Waals surface area contributed by atoms with Gasteiger partial charge in [-0.15, -0.1) is 0 Å². The van der Waals surface area contributed by atoms with Crippen LogP contribution >= 0.6 is 0 Å². The van der Waals surface area contributed by atoms with Gasteiger partial charge in [-0.05, 0) is 46.5 Å². The first-order valence-electron chi connectivity index (χ1n) is 10.2. The molecule has 0 saturated heterocycles. The molecule has 0 spiro atoms. The molecule has 0 N–H and O–H groups in total. The van der Waals surface area contributed by atoms with Crippen LogP contribution in [0, 0.1) is 0 Å². The van der Waals surface area contributed by atoms with Crippen LogP contribution < -0.4 is 9.80 Å². The van der Waals surface area contributed by atoms with Crippen molar-refractivity contribution in [2.24, 2.45) is 0 Å². The number of hydrogen-bond acceptors (Lipinski definition) is 3. The Bertz CT molecular complexity index is 1150. The molecule has 4 aliphatic rings. The van der Waals surface area contributed by atoms with Gasteiger partial charge >= 0.3 is 0 Å². The predicted molar refractivity (Wildman–Crippen MR) is 117 cm³/mol. The molecule has 146 valence electrons. The van der Waals surface area contributed by atoms with Gasteiger partial charge < -0.3 is 4.90 Å². The molecule has 2 bridgehead atoms. The molecule has 0 saturated carbocycles. The molecule has 1 heterocycles. The van der Waals surface area contributed by atoms with Crippen LogP contribution in [-0.2, 0) is 9.59 Å². The minimum absolute atomic E-state index is 0.181. The minimum atomic E-state index is -0.188. The number of rotatable bonds is 2. The van der Waals surface area contributed by atoms with Gasteiger partial charge in [0.1, 0.15) is 0 Å². The van der Waals surface area contributed by atoms with E-state index in [0.717, 1.165) is 27.9 Å². The molecule has 30 heavy (non-hydrogen) atoms. The maximum atomic E-state index is 13.6. The Morgan fingerprint density at radius 3 is 1.40 bits per heavy atom. The van der Waals surface area contributed by atoms with Gasteiger partial charge in [0.25, 0.3) is 11.8 Å². The van der Waals surface area contributed by atoms with Gasteiger partial charge in [-0.25, -0.2) is 4.90 Å². The van der Waals surface area contributed by atoms with E-state index in [1.165, 1.54) is 4.90 Å². The van der Waals surface area contributed by atoms with Crippen molar-refractivity contribution in [2.45, 2.75) is 11.8 Å². The van der Waals surface area contributed by atoms with Crippen LogP contribution in [0.15, 0.2) is 83.9 Å². The van der Waals surface area contributed by atoms with E-state index in [0.29, 0.717) is 16.8 Å². The Hall–Kier alpha value is -3.66. The average Bonchev–Trinajstić information content (AvgIpc) is 3.04. The van der Waals surface area contributed by atoms with Crippen molar-refractivity contribution in [1.82, 2.24) is 0 Å². The minimum Gasteiger partial charge on any atom is -0.378 e. The smallest absolute Gasteiger partial charge is 0.262 e. The second-order valence-electron chi connectivity index (χ2n) is 8.31. The maximum Gasteiger partial charge on any atom is 0.262 e. The number of amides is 2. The topological polar surface area (TPSA) is 40.6 Å². The molecule has 0 radical (unpaired) electrons. The number of hydrogen-bond donors (Lipinski definition) is 0. The standard InChI is InChI=1S/C26H20N2O2/c1-27(2)15-11-13-16(14-12-15)28-25(29)23-21-17-7-3-4-8-18(17)22(24(23)26(28)30)20-10-6-5-9-19(20)21/h3-14,21-22H,1-2H3. The fraction of sp³-hybridized carbons (Fsp3) is 0.154. The van der Waals surface area contributed by atoms with Crippen molar-refractivity contribution in [1.29, 1.82) is 0 Å². The largest absolute Gasteiger partial charge is 0.378 e. The molecule has 0 aromatic heterocycles. The summed E-state index contributed by atoms with van der Waals surface area (Å²) in [6.45, 7) is 0. The van der Waals surface area contributed by atoms with Crippen molar-refractivity contribution in [3.05, 3.63) is 106 Å². The summed E-state index contributed by atoms with van der Waals surface area (Å²) >= 11 is 0. The highest BCUT2D eigenvalue weighted by molar-refractivity contribution is 6.35. The zero-order chi connectivity index (χ0) is 20.6. The quantitative estimate of drug-likeness (QED) is 0.614. The zero-order valence-corrected chi connectivity index (χ0v) is 16.8. The molecule has 0 unspecified atom stereocenters. The average molecular weight is 392 g/mol. The normalized spacial score (nSPS) is 20.9. The third kappa shape index (κ3) is 2.05. The van der Waals surface area contributed by atoms with Crippen LogP contribution in [-0.4, -0.2) is 25.9 Å². The predicted octanol–water partition coefficient (Wildman–Crippen LogP) is 4.21. The highest BCUT2D eigenvalue weighted by Crippen LogP contribution is 2.58. The molecule has 3 aromatic carbocycles. The zero-order valence-electron chi connectivity index (χ0n) is 16.8. The van der Waals surface area contributed by atoms with Crippen molar-refractivity contribution in [2.75, 3.05) is 23.9 Å². The van der Waals surface area contributed by atoms with Crippen molar-refractivity contribution in [3.8, 4) is 0 Å². The highest BCUT2D eigenvalue weighted by atomic mass is 16.2. The second kappa shape index (κ2) is 5.92. The van der Waals surface area contributed by atoms with Crippen LogP contribution in [0.5, 0.6) is 0 Å².